The van der Waals surface area contributed by atoms with Crippen molar-refractivity contribution in [2.24, 2.45) is 0 Å². The molecule has 5 heteroatoms. The molecular formula is C16H15N3O2. The van der Waals surface area contributed by atoms with Crippen LogP contribution in [0.25, 0.3) is 11.2 Å². The highest BCUT2D eigenvalue weighted by molar-refractivity contribution is 5.71. The molecule has 0 spiro atoms. The molecule has 0 bridgehead atoms. The maximum absolute atomic E-state index is 5.83. The second-order valence-corrected chi connectivity index (χ2v) is 5.17. The van der Waals surface area contributed by atoms with Crippen LogP contribution in [0.3, 0.4) is 0 Å². The minimum atomic E-state index is 0.222. The first kappa shape index (κ1) is 12.2. The molecule has 1 atom stereocenters. The molecule has 1 aromatic carbocycles. The Kier molecular flexibility index (Phi) is 2.77. The van der Waals surface area contributed by atoms with Crippen molar-refractivity contribution in [2.75, 3.05) is 13.7 Å². The third-order valence-corrected chi connectivity index (χ3v) is 3.81. The van der Waals surface area contributed by atoms with E-state index in [4.69, 9.17) is 9.47 Å². The number of rotatable bonds is 2. The fourth-order valence-electron chi connectivity index (χ4n) is 2.70. The van der Waals surface area contributed by atoms with Gasteiger partial charge in [-0.3, -0.25) is 0 Å². The van der Waals surface area contributed by atoms with Crippen molar-refractivity contribution in [1.82, 2.24) is 15.0 Å². The molecule has 1 aliphatic heterocycles. The van der Waals surface area contributed by atoms with Gasteiger partial charge in [0.25, 0.3) is 0 Å². The second-order valence-electron chi connectivity index (χ2n) is 5.17. The number of nitrogens with one attached hydrogen (secondary N) is 1. The topological polar surface area (TPSA) is 60.0 Å². The number of pyridine rings is 1. The van der Waals surface area contributed by atoms with Crippen LogP contribution in [0.5, 0.6) is 11.6 Å². The zero-order chi connectivity index (χ0) is 14.2. The predicted molar refractivity (Wildman–Crippen MR) is 78.8 cm³/mol. The van der Waals surface area contributed by atoms with Gasteiger partial charge in [-0.2, -0.15) is 4.98 Å². The van der Waals surface area contributed by atoms with E-state index < -0.39 is 0 Å². The summed E-state index contributed by atoms with van der Waals surface area (Å²) in [4.78, 5) is 12.3. The number of hydrogen-bond donors (Lipinski definition) is 1. The first-order valence-corrected chi connectivity index (χ1v) is 6.95. The quantitative estimate of drug-likeness (QED) is 0.784. The van der Waals surface area contributed by atoms with Gasteiger partial charge in [-0.1, -0.05) is 18.2 Å². The third kappa shape index (κ3) is 2.11. The summed E-state index contributed by atoms with van der Waals surface area (Å²) in [6.07, 6.45) is 0.924. The van der Waals surface area contributed by atoms with E-state index in [1.54, 1.807) is 7.11 Å². The number of ether oxygens (including phenoxy) is 2. The van der Waals surface area contributed by atoms with E-state index in [1.165, 1.54) is 5.56 Å². The van der Waals surface area contributed by atoms with Gasteiger partial charge in [-0.25, -0.2) is 4.98 Å². The molecule has 1 N–H and O–H groups in total. The molecule has 1 aliphatic rings. The first-order chi connectivity index (χ1) is 10.3. The Morgan fingerprint density at radius 1 is 1.19 bits per heavy atom. The van der Waals surface area contributed by atoms with Crippen molar-refractivity contribution in [3.8, 4) is 11.6 Å². The molecule has 0 radical (unpaired) electrons. The SMILES string of the molecule is COc1ccc2[nH]c(C3COc4ccccc4C3)nc2n1. The molecule has 2 aromatic heterocycles. The van der Waals surface area contributed by atoms with Crippen LogP contribution in [0.2, 0.25) is 0 Å². The van der Waals surface area contributed by atoms with Crippen molar-refractivity contribution < 1.29 is 9.47 Å². The summed E-state index contributed by atoms with van der Waals surface area (Å²) in [5.41, 5.74) is 2.83. The van der Waals surface area contributed by atoms with Gasteiger partial charge >= 0.3 is 0 Å². The van der Waals surface area contributed by atoms with Crippen LogP contribution in [0.15, 0.2) is 36.4 Å². The Morgan fingerprint density at radius 3 is 3.00 bits per heavy atom. The minimum absolute atomic E-state index is 0.222. The van der Waals surface area contributed by atoms with Crippen LogP contribution in [-0.4, -0.2) is 28.7 Å². The highest BCUT2D eigenvalue weighted by atomic mass is 16.5. The van der Waals surface area contributed by atoms with Crippen LogP contribution >= 0.6 is 0 Å². The standard InChI is InChI=1S/C16H15N3O2/c1-20-14-7-6-12-16(18-14)19-15(17-12)11-8-10-4-2-3-5-13(10)21-9-11/h2-7,11H,8-9H2,1H3,(H,17,18,19). The van der Waals surface area contributed by atoms with Crippen molar-refractivity contribution in [2.45, 2.75) is 12.3 Å². The fourth-order valence-corrected chi connectivity index (χ4v) is 2.70. The lowest BCUT2D eigenvalue weighted by molar-refractivity contribution is 0.258. The van der Waals surface area contributed by atoms with Gasteiger partial charge in [0, 0.05) is 6.07 Å². The van der Waals surface area contributed by atoms with E-state index in [9.17, 15) is 0 Å². The lowest BCUT2D eigenvalue weighted by Gasteiger charge is -2.23. The zero-order valence-electron chi connectivity index (χ0n) is 11.7. The molecule has 3 aromatic rings. The maximum atomic E-state index is 5.83. The van der Waals surface area contributed by atoms with E-state index in [0.717, 1.165) is 23.5 Å². The fraction of sp³-hybridized carbons (Fsp3) is 0.250. The molecule has 0 saturated heterocycles. The summed E-state index contributed by atoms with van der Waals surface area (Å²) < 4.78 is 11.0. The largest absolute Gasteiger partial charge is 0.493 e. The minimum Gasteiger partial charge on any atom is -0.493 e. The van der Waals surface area contributed by atoms with Gasteiger partial charge in [0.1, 0.15) is 11.6 Å². The average molecular weight is 281 g/mol. The maximum Gasteiger partial charge on any atom is 0.215 e. The lowest BCUT2D eigenvalue weighted by Crippen LogP contribution is -2.20. The highest BCUT2D eigenvalue weighted by Crippen LogP contribution is 2.31. The molecule has 3 heterocycles. The van der Waals surface area contributed by atoms with E-state index in [1.807, 2.05) is 30.3 Å². The van der Waals surface area contributed by atoms with Crippen LogP contribution in [0.1, 0.15) is 17.3 Å². The number of aromatic amines is 1. The normalized spacial score (nSPS) is 17.3. The Morgan fingerprint density at radius 2 is 2.10 bits per heavy atom. The molecule has 0 aliphatic carbocycles. The van der Waals surface area contributed by atoms with Gasteiger partial charge in [-0.05, 0) is 24.1 Å². The van der Waals surface area contributed by atoms with Gasteiger partial charge in [0.15, 0.2) is 5.65 Å². The molecule has 106 valence electrons. The Balaban J connectivity index is 1.68. The van der Waals surface area contributed by atoms with Gasteiger partial charge in [0.2, 0.25) is 5.88 Å². The first-order valence-electron chi connectivity index (χ1n) is 6.95. The number of aromatic nitrogens is 3. The van der Waals surface area contributed by atoms with E-state index in [0.29, 0.717) is 18.1 Å². The number of imidazole rings is 1. The van der Waals surface area contributed by atoms with Crippen molar-refractivity contribution in [3.63, 3.8) is 0 Å². The van der Waals surface area contributed by atoms with E-state index in [-0.39, 0.29) is 5.92 Å². The predicted octanol–water partition coefficient (Wildman–Crippen LogP) is 2.69. The van der Waals surface area contributed by atoms with Crippen LogP contribution in [0.4, 0.5) is 0 Å². The van der Waals surface area contributed by atoms with E-state index >= 15 is 0 Å². The summed E-state index contributed by atoms with van der Waals surface area (Å²) in [7, 11) is 1.60. The monoisotopic (exact) mass is 281 g/mol. The summed E-state index contributed by atoms with van der Waals surface area (Å²) in [6, 6.07) is 11.9. The van der Waals surface area contributed by atoms with Gasteiger partial charge in [0.05, 0.1) is 25.2 Å². The van der Waals surface area contributed by atoms with Crippen LogP contribution in [0, 0.1) is 0 Å². The van der Waals surface area contributed by atoms with Crippen molar-refractivity contribution in [3.05, 3.63) is 47.8 Å². The smallest absolute Gasteiger partial charge is 0.215 e. The summed E-state index contributed by atoms with van der Waals surface area (Å²) in [6.45, 7) is 0.633. The van der Waals surface area contributed by atoms with Crippen LogP contribution in [-0.2, 0) is 6.42 Å². The zero-order valence-corrected chi connectivity index (χ0v) is 11.7. The second kappa shape index (κ2) is 4.77. The van der Waals surface area contributed by atoms with Gasteiger partial charge in [-0.15, -0.1) is 0 Å². The van der Waals surface area contributed by atoms with E-state index in [2.05, 4.69) is 21.0 Å². The average Bonchev–Trinajstić information content (AvgIpc) is 2.97. The molecule has 0 saturated carbocycles. The number of H-pyrrole nitrogens is 1. The molecular weight excluding hydrogens is 266 g/mol. The Bertz CT molecular complexity index is 797. The molecule has 0 fully saturated rings. The summed E-state index contributed by atoms with van der Waals surface area (Å²) in [5, 5.41) is 0. The Hall–Kier alpha value is -2.56. The number of nitrogens with zero attached hydrogens (tertiary/aromatic N) is 2. The molecule has 4 rings (SSSR count). The number of hydrogen-bond acceptors (Lipinski definition) is 4. The molecule has 0 amide bonds. The lowest BCUT2D eigenvalue weighted by atomic mass is 9.96. The number of para-hydroxylation sites is 1. The molecule has 1 unspecified atom stereocenters. The number of methoxy groups -OCH3 is 1. The summed E-state index contributed by atoms with van der Waals surface area (Å²) in [5.74, 6) is 2.69. The number of fused-ring (bicyclic) bond motifs is 2. The highest BCUT2D eigenvalue weighted by Gasteiger charge is 2.24. The van der Waals surface area contributed by atoms with Crippen molar-refractivity contribution >= 4 is 11.2 Å². The molecule has 5 nitrogen and oxygen atoms in total. The number of benzene rings is 1. The third-order valence-electron chi connectivity index (χ3n) is 3.81. The van der Waals surface area contributed by atoms with Crippen LogP contribution < -0.4 is 9.47 Å². The summed E-state index contributed by atoms with van der Waals surface area (Å²) >= 11 is 0. The van der Waals surface area contributed by atoms with Crippen molar-refractivity contribution in [1.29, 1.82) is 0 Å². The Labute approximate surface area is 121 Å². The van der Waals surface area contributed by atoms with Gasteiger partial charge < -0.3 is 14.5 Å². The molecule has 21 heavy (non-hydrogen) atoms.